The second kappa shape index (κ2) is 5.87. The Morgan fingerprint density at radius 2 is 1.90 bits per heavy atom. The molecule has 0 bridgehead atoms. The van der Waals surface area contributed by atoms with Gasteiger partial charge in [-0.15, -0.1) is 0 Å². The molecule has 0 spiro atoms. The van der Waals surface area contributed by atoms with Crippen molar-refractivity contribution in [2.24, 2.45) is 5.41 Å². The van der Waals surface area contributed by atoms with Gasteiger partial charge in [0.2, 0.25) is 5.91 Å². The van der Waals surface area contributed by atoms with Gasteiger partial charge in [0.25, 0.3) is 0 Å². The van der Waals surface area contributed by atoms with Crippen molar-refractivity contribution < 1.29 is 22.8 Å². The van der Waals surface area contributed by atoms with Gasteiger partial charge in [-0.25, -0.2) is 0 Å². The second-order valence-electron chi connectivity index (χ2n) is 5.75. The Balaban J connectivity index is 2.67. The normalized spacial score (nSPS) is 13.9. The van der Waals surface area contributed by atoms with E-state index in [4.69, 9.17) is 0 Å². The van der Waals surface area contributed by atoms with Crippen molar-refractivity contribution in [3.8, 4) is 0 Å². The van der Waals surface area contributed by atoms with E-state index in [1.54, 1.807) is 20.8 Å². The molecule has 0 saturated carbocycles. The van der Waals surface area contributed by atoms with Crippen LogP contribution in [0.4, 0.5) is 13.2 Å². The van der Waals surface area contributed by atoms with Crippen molar-refractivity contribution in [2.45, 2.75) is 39.9 Å². The summed E-state index contributed by atoms with van der Waals surface area (Å²) in [5.74, 6) is -0.732. The minimum atomic E-state index is -4.55. The fourth-order valence-electron chi connectivity index (χ4n) is 1.41. The maximum Gasteiger partial charge on any atom is 0.435 e. The van der Waals surface area contributed by atoms with E-state index >= 15 is 0 Å². The highest BCUT2D eigenvalue weighted by Crippen LogP contribution is 2.27. The smallest absolute Gasteiger partial charge is 0.347 e. The Kier molecular flexibility index (Phi) is 4.80. The molecule has 0 aliphatic rings. The summed E-state index contributed by atoms with van der Waals surface area (Å²) in [5, 5.41) is 5.73. The summed E-state index contributed by atoms with van der Waals surface area (Å²) < 4.78 is 38.2. The van der Waals surface area contributed by atoms with Crippen molar-refractivity contribution in [1.29, 1.82) is 0 Å². The third-order valence-electron chi connectivity index (χ3n) is 2.93. The first kappa shape index (κ1) is 17.2. The van der Waals surface area contributed by atoms with Gasteiger partial charge in [-0.1, -0.05) is 20.8 Å². The molecule has 0 saturated heterocycles. The molecular weight excluding hydrogens is 287 g/mol. The standard InChI is InChI=1S/C13H18F3N3O2/c1-8(11(21)17-7-10(20)12(2,3)4)19-6-5-9(18-19)13(14,15)16/h5-6,8H,7H2,1-4H3,(H,17,21). The van der Waals surface area contributed by atoms with Crippen LogP contribution in [-0.4, -0.2) is 28.0 Å². The fraction of sp³-hybridized carbons (Fsp3) is 0.615. The number of hydrogen-bond acceptors (Lipinski definition) is 3. The number of alkyl halides is 3. The van der Waals surface area contributed by atoms with E-state index in [0.29, 0.717) is 0 Å². The number of nitrogens with one attached hydrogen (secondary N) is 1. The highest BCUT2D eigenvalue weighted by molar-refractivity contribution is 5.90. The zero-order valence-corrected chi connectivity index (χ0v) is 12.3. The number of carbonyl (C=O) groups excluding carboxylic acids is 2. The van der Waals surface area contributed by atoms with Gasteiger partial charge in [0.1, 0.15) is 6.04 Å². The van der Waals surface area contributed by atoms with Crippen LogP contribution in [0.3, 0.4) is 0 Å². The summed E-state index contributed by atoms with van der Waals surface area (Å²) >= 11 is 0. The van der Waals surface area contributed by atoms with E-state index in [-0.39, 0.29) is 12.3 Å². The van der Waals surface area contributed by atoms with Gasteiger partial charge < -0.3 is 5.32 Å². The molecule has 1 aromatic heterocycles. The average molecular weight is 305 g/mol. The molecule has 1 N–H and O–H groups in total. The van der Waals surface area contributed by atoms with Crippen molar-refractivity contribution >= 4 is 11.7 Å². The fourth-order valence-corrected chi connectivity index (χ4v) is 1.41. The molecular formula is C13H18F3N3O2. The van der Waals surface area contributed by atoms with E-state index in [9.17, 15) is 22.8 Å². The molecule has 1 heterocycles. The minimum Gasteiger partial charge on any atom is -0.347 e. The first-order valence-corrected chi connectivity index (χ1v) is 6.36. The molecule has 0 aliphatic carbocycles. The maximum absolute atomic E-state index is 12.4. The maximum atomic E-state index is 12.4. The predicted octanol–water partition coefficient (Wildman–Crippen LogP) is 2.19. The predicted molar refractivity (Wildman–Crippen MR) is 69.4 cm³/mol. The molecule has 1 atom stereocenters. The van der Waals surface area contributed by atoms with Gasteiger partial charge >= 0.3 is 6.18 Å². The molecule has 118 valence electrons. The van der Waals surface area contributed by atoms with E-state index in [1.165, 1.54) is 6.92 Å². The van der Waals surface area contributed by atoms with Crippen LogP contribution in [0, 0.1) is 5.41 Å². The summed E-state index contributed by atoms with van der Waals surface area (Å²) in [5.41, 5.74) is -1.65. The van der Waals surface area contributed by atoms with Crippen LogP contribution in [0.15, 0.2) is 12.3 Å². The molecule has 1 amide bonds. The van der Waals surface area contributed by atoms with Crippen LogP contribution >= 0.6 is 0 Å². The summed E-state index contributed by atoms with van der Waals surface area (Å²) in [4.78, 5) is 23.5. The lowest BCUT2D eigenvalue weighted by molar-refractivity contribution is -0.142. The van der Waals surface area contributed by atoms with Crippen molar-refractivity contribution in [3.05, 3.63) is 18.0 Å². The van der Waals surface area contributed by atoms with Gasteiger partial charge in [0.15, 0.2) is 11.5 Å². The van der Waals surface area contributed by atoms with Crippen molar-refractivity contribution in [3.63, 3.8) is 0 Å². The van der Waals surface area contributed by atoms with Gasteiger partial charge in [-0.05, 0) is 13.0 Å². The van der Waals surface area contributed by atoms with Crippen LogP contribution in [0.1, 0.15) is 39.4 Å². The Morgan fingerprint density at radius 1 is 1.33 bits per heavy atom. The largest absolute Gasteiger partial charge is 0.435 e. The van der Waals surface area contributed by atoms with Crippen LogP contribution in [-0.2, 0) is 15.8 Å². The molecule has 0 aromatic carbocycles. The SMILES string of the molecule is CC(C(=O)NCC(=O)C(C)(C)C)n1ccc(C(F)(F)F)n1. The number of rotatable bonds is 4. The highest BCUT2D eigenvalue weighted by atomic mass is 19.4. The van der Waals surface area contributed by atoms with Gasteiger partial charge in [0.05, 0.1) is 6.54 Å². The van der Waals surface area contributed by atoms with Crippen LogP contribution < -0.4 is 5.32 Å². The van der Waals surface area contributed by atoms with Gasteiger partial charge in [-0.2, -0.15) is 18.3 Å². The first-order valence-electron chi connectivity index (χ1n) is 6.36. The lowest BCUT2D eigenvalue weighted by atomic mass is 9.91. The number of ketones is 1. The van der Waals surface area contributed by atoms with Crippen molar-refractivity contribution in [2.75, 3.05) is 6.54 Å². The lowest BCUT2D eigenvalue weighted by Crippen LogP contribution is -2.38. The number of amides is 1. The number of Topliss-reactive ketones (excluding diaryl/α,β-unsaturated/α-hetero) is 1. The molecule has 1 unspecified atom stereocenters. The van der Waals surface area contributed by atoms with Crippen LogP contribution in [0.5, 0.6) is 0 Å². The van der Waals surface area contributed by atoms with E-state index < -0.39 is 29.2 Å². The van der Waals surface area contributed by atoms with E-state index in [2.05, 4.69) is 10.4 Å². The Bertz CT molecular complexity index is 529. The third kappa shape index (κ3) is 4.57. The number of aromatic nitrogens is 2. The zero-order valence-electron chi connectivity index (χ0n) is 12.3. The molecule has 1 rings (SSSR count). The quantitative estimate of drug-likeness (QED) is 0.927. The topological polar surface area (TPSA) is 64.0 Å². The highest BCUT2D eigenvalue weighted by Gasteiger charge is 2.34. The molecule has 1 aromatic rings. The zero-order chi connectivity index (χ0) is 16.4. The number of halogens is 3. The average Bonchev–Trinajstić information content (AvgIpc) is 2.82. The minimum absolute atomic E-state index is 0.167. The van der Waals surface area contributed by atoms with Gasteiger partial charge in [-0.3, -0.25) is 14.3 Å². The number of hydrogen-bond donors (Lipinski definition) is 1. The summed E-state index contributed by atoms with van der Waals surface area (Å²) in [6, 6.07) is -0.141. The van der Waals surface area contributed by atoms with E-state index in [0.717, 1.165) is 16.9 Å². The van der Waals surface area contributed by atoms with E-state index in [1.807, 2.05) is 0 Å². The first-order chi connectivity index (χ1) is 9.43. The summed E-state index contributed by atoms with van der Waals surface area (Å²) in [6.07, 6.45) is -3.47. The Hall–Kier alpha value is -1.86. The molecule has 0 radical (unpaired) electrons. The molecule has 5 nitrogen and oxygen atoms in total. The third-order valence-corrected chi connectivity index (χ3v) is 2.93. The van der Waals surface area contributed by atoms with Gasteiger partial charge in [0, 0.05) is 11.6 Å². The Morgan fingerprint density at radius 3 is 2.33 bits per heavy atom. The Labute approximate surface area is 120 Å². The molecule has 0 fully saturated rings. The lowest BCUT2D eigenvalue weighted by Gasteiger charge is -2.18. The monoisotopic (exact) mass is 305 g/mol. The molecule has 8 heteroatoms. The molecule has 0 aliphatic heterocycles. The summed E-state index contributed by atoms with van der Waals surface area (Å²) in [7, 11) is 0. The van der Waals surface area contributed by atoms with Crippen molar-refractivity contribution in [1.82, 2.24) is 15.1 Å². The number of nitrogens with zero attached hydrogens (tertiary/aromatic N) is 2. The summed E-state index contributed by atoms with van der Waals surface area (Å²) in [6.45, 7) is 6.39. The van der Waals surface area contributed by atoms with Crippen LogP contribution in [0.2, 0.25) is 0 Å². The van der Waals surface area contributed by atoms with Crippen LogP contribution in [0.25, 0.3) is 0 Å². The molecule has 21 heavy (non-hydrogen) atoms. The second-order valence-corrected chi connectivity index (χ2v) is 5.75. The number of carbonyl (C=O) groups is 2.